The minimum atomic E-state index is -0.416. The van der Waals surface area contributed by atoms with Gasteiger partial charge in [0.1, 0.15) is 17.2 Å². The van der Waals surface area contributed by atoms with Gasteiger partial charge in [-0.15, -0.1) is 0 Å². The molecule has 3 aromatic carbocycles. The Kier molecular flexibility index (Phi) is 3.91. The lowest BCUT2D eigenvalue weighted by atomic mass is 10.1. The summed E-state index contributed by atoms with van der Waals surface area (Å²) < 4.78 is 0. The van der Waals surface area contributed by atoms with Gasteiger partial charge in [-0.05, 0) is 24.3 Å². The average molecular weight is 381 g/mol. The van der Waals surface area contributed by atoms with Crippen LogP contribution in [0.15, 0.2) is 78.9 Å². The van der Waals surface area contributed by atoms with Gasteiger partial charge < -0.3 is 9.97 Å². The van der Waals surface area contributed by atoms with Crippen LogP contribution in [0.4, 0.5) is 5.69 Å². The third-order valence-corrected chi connectivity index (χ3v) is 4.73. The number of nitro benzene ring substituents is 1. The molecule has 0 bridgehead atoms. The van der Waals surface area contributed by atoms with E-state index in [1.807, 2.05) is 54.6 Å². The van der Waals surface area contributed by atoms with Crippen molar-refractivity contribution in [3.63, 3.8) is 0 Å². The SMILES string of the molecule is O=[N+]([O-])c1ccc(-c2nc(-c3ccccc3)c(-c3nc4ccccc4[nH]3)[nH]2)cc1. The molecule has 0 saturated heterocycles. The van der Waals surface area contributed by atoms with Gasteiger partial charge in [0, 0.05) is 23.3 Å². The zero-order chi connectivity index (χ0) is 19.8. The van der Waals surface area contributed by atoms with Crippen molar-refractivity contribution in [3.05, 3.63) is 89.0 Å². The summed E-state index contributed by atoms with van der Waals surface area (Å²) in [7, 11) is 0. The van der Waals surface area contributed by atoms with Crippen LogP contribution >= 0.6 is 0 Å². The van der Waals surface area contributed by atoms with Crippen LogP contribution in [-0.2, 0) is 0 Å². The van der Waals surface area contributed by atoms with E-state index in [0.717, 1.165) is 33.5 Å². The zero-order valence-corrected chi connectivity index (χ0v) is 15.2. The second-order valence-electron chi connectivity index (χ2n) is 6.58. The smallest absolute Gasteiger partial charge is 0.269 e. The molecule has 0 aliphatic carbocycles. The van der Waals surface area contributed by atoms with E-state index in [2.05, 4.69) is 9.97 Å². The Balaban J connectivity index is 1.67. The molecule has 0 atom stereocenters. The van der Waals surface area contributed by atoms with Crippen LogP contribution in [0.3, 0.4) is 0 Å². The number of hydrogen-bond donors (Lipinski definition) is 2. The Labute approximate surface area is 165 Å². The van der Waals surface area contributed by atoms with Gasteiger partial charge >= 0.3 is 0 Å². The Morgan fingerprint density at radius 1 is 0.724 bits per heavy atom. The van der Waals surface area contributed by atoms with Crippen molar-refractivity contribution < 1.29 is 4.92 Å². The summed E-state index contributed by atoms with van der Waals surface area (Å²) in [4.78, 5) is 26.7. The highest BCUT2D eigenvalue weighted by Crippen LogP contribution is 2.33. The first-order chi connectivity index (χ1) is 14.2. The molecule has 2 heterocycles. The monoisotopic (exact) mass is 381 g/mol. The van der Waals surface area contributed by atoms with Crippen molar-refractivity contribution in [2.75, 3.05) is 0 Å². The molecule has 0 amide bonds. The van der Waals surface area contributed by atoms with Gasteiger partial charge in [0.15, 0.2) is 5.82 Å². The maximum atomic E-state index is 10.9. The van der Waals surface area contributed by atoms with E-state index in [9.17, 15) is 10.1 Å². The number of aromatic nitrogens is 4. The molecular weight excluding hydrogens is 366 g/mol. The fourth-order valence-electron chi connectivity index (χ4n) is 3.30. The molecule has 5 rings (SSSR count). The third kappa shape index (κ3) is 3.04. The summed E-state index contributed by atoms with van der Waals surface area (Å²) in [6, 6.07) is 24.0. The number of nitrogens with one attached hydrogen (secondary N) is 2. The fraction of sp³-hybridized carbons (Fsp3) is 0. The highest BCUT2D eigenvalue weighted by atomic mass is 16.6. The molecule has 2 aromatic heterocycles. The molecule has 0 unspecified atom stereocenters. The molecule has 29 heavy (non-hydrogen) atoms. The second-order valence-corrected chi connectivity index (χ2v) is 6.58. The minimum absolute atomic E-state index is 0.0427. The zero-order valence-electron chi connectivity index (χ0n) is 15.2. The second kappa shape index (κ2) is 6.72. The summed E-state index contributed by atoms with van der Waals surface area (Å²) in [6.45, 7) is 0. The van der Waals surface area contributed by atoms with Gasteiger partial charge in [0.25, 0.3) is 5.69 Å². The first kappa shape index (κ1) is 16.9. The molecule has 2 N–H and O–H groups in total. The molecule has 0 radical (unpaired) electrons. The van der Waals surface area contributed by atoms with Gasteiger partial charge in [-0.2, -0.15) is 0 Å². The number of rotatable bonds is 4. The van der Waals surface area contributed by atoms with E-state index in [1.54, 1.807) is 12.1 Å². The van der Waals surface area contributed by atoms with E-state index < -0.39 is 4.92 Å². The van der Waals surface area contributed by atoms with Gasteiger partial charge in [-0.25, -0.2) is 9.97 Å². The number of benzene rings is 3. The van der Waals surface area contributed by atoms with Crippen LogP contribution in [0.2, 0.25) is 0 Å². The number of fused-ring (bicyclic) bond motifs is 1. The maximum Gasteiger partial charge on any atom is 0.269 e. The van der Waals surface area contributed by atoms with E-state index in [-0.39, 0.29) is 5.69 Å². The number of nitro groups is 1. The van der Waals surface area contributed by atoms with Crippen molar-refractivity contribution in [1.82, 2.24) is 19.9 Å². The number of non-ortho nitro benzene ring substituents is 1. The average Bonchev–Trinajstić information content (AvgIpc) is 3.39. The van der Waals surface area contributed by atoms with Crippen molar-refractivity contribution in [1.29, 1.82) is 0 Å². The molecule has 7 heteroatoms. The Morgan fingerprint density at radius 3 is 2.17 bits per heavy atom. The van der Waals surface area contributed by atoms with Crippen LogP contribution < -0.4 is 0 Å². The molecule has 0 aliphatic heterocycles. The largest absolute Gasteiger partial charge is 0.337 e. The topological polar surface area (TPSA) is 100 Å². The summed E-state index contributed by atoms with van der Waals surface area (Å²) in [6.07, 6.45) is 0. The van der Waals surface area contributed by atoms with Crippen molar-refractivity contribution in [3.8, 4) is 34.2 Å². The highest BCUT2D eigenvalue weighted by Gasteiger charge is 2.18. The van der Waals surface area contributed by atoms with E-state index >= 15 is 0 Å². The van der Waals surface area contributed by atoms with Crippen LogP contribution in [0.25, 0.3) is 45.2 Å². The fourth-order valence-corrected chi connectivity index (χ4v) is 3.30. The first-order valence-electron chi connectivity index (χ1n) is 9.04. The molecule has 7 nitrogen and oxygen atoms in total. The van der Waals surface area contributed by atoms with Gasteiger partial charge in [-0.1, -0.05) is 42.5 Å². The molecule has 0 aliphatic rings. The van der Waals surface area contributed by atoms with Crippen LogP contribution in [0.5, 0.6) is 0 Å². The van der Waals surface area contributed by atoms with Gasteiger partial charge in [0.05, 0.1) is 16.0 Å². The molecular formula is C22H15N5O2. The summed E-state index contributed by atoms with van der Waals surface area (Å²) >= 11 is 0. The normalized spacial score (nSPS) is 11.0. The maximum absolute atomic E-state index is 10.9. The Bertz CT molecular complexity index is 1290. The lowest BCUT2D eigenvalue weighted by Gasteiger charge is -1.99. The molecule has 0 fully saturated rings. The van der Waals surface area contributed by atoms with Crippen molar-refractivity contribution in [2.24, 2.45) is 0 Å². The van der Waals surface area contributed by atoms with Crippen molar-refractivity contribution >= 4 is 16.7 Å². The van der Waals surface area contributed by atoms with Gasteiger partial charge in [-0.3, -0.25) is 10.1 Å². The number of hydrogen-bond acceptors (Lipinski definition) is 4. The summed E-state index contributed by atoms with van der Waals surface area (Å²) in [5, 5.41) is 10.9. The summed E-state index contributed by atoms with van der Waals surface area (Å²) in [5.74, 6) is 1.31. The minimum Gasteiger partial charge on any atom is -0.337 e. The van der Waals surface area contributed by atoms with E-state index in [0.29, 0.717) is 11.6 Å². The molecule has 0 saturated carbocycles. The number of H-pyrrole nitrogens is 2. The van der Waals surface area contributed by atoms with Crippen LogP contribution in [0.1, 0.15) is 0 Å². The number of imidazole rings is 2. The quantitative estimate of drug-likeness (QED) is 0.330. The predicted octanol–water partition coefficient (Wildman–Crippen LogP) is 5.20. The van der Waals surface area contributed by atoms with Crippen LogP contribution in [0, 0.1) is 10.1 Å². The number of nitrogens with zero attached hydrogens (tertiary/aromatic N) is 3. The van der Waals surface area contributed by atoms with Crippen LogP contribution in [-0.4, -0.2) is 24.9 Å². The highest BCUT2D eigenvalue weighted by molar-refractivity contribution is 5.84. The molecule has 140 valence electrons. The van der Waals surface area contributed by atoms with E-state index in [1.165, 1.54) is 12.1 Å². The third-order valence-electron chi connectivity index (χ3n) is 4.73. The van der Waals surface area contributed by atoms with Gasteiger partial charge in [0.2, 0.25) is 0 Å². The number of para-hydroxylation sites is 2. The molecule has 5 aromatic rings. The Morgan fingerprint density at radius 2 is 1.45 bits per heavy atom. The number of aromatic amines is 2. The first-order valence-corrected chi connectivity index (χ1v) is 9.04. The standard InChI is InChI=1S/C22H15N5O2/c28-27(29)16-12-10-15(11-13-16)21-25-19(14-6-2-1-3-7-14)20(26-21)22-23-17-8-4-5-9-18(17)24-22/h1-13H,(H,23,24)(H,25,26). The lowest BCUT2D eigenvalue weighted by Crippen LogP contribution is -1.88. The molecule has 0 spiro atoms. The van der Waals surface area contributed by atoms with Crippen molar-refractivity contribution in [2.45, 2.75) is 0 Å². The predicted molar refractivity (Wildman–Crippen MR) is 111 cm³/mol. The Hall–Kier alpha value is -4.26. The van der Waals surface area contributed by atoms with E-state index in [4.69, 9.17) is 9.97 Å². The summed E-state index contributed by atoms with van der Waals surface area (Å²) in [5.41, 5.74) is 5.09. The lowest BCUT2D eigenvalue weighted by molar-refractivity contribution is -0.384.